The molecule has 0 aliphatic carbocycles. The van der Waals surface area contributed by atoms with Crippen LogP contribution < -0.4 is 5.32 Å². The Morgan fingerprint density at radius 1 is 1.24 bits per heavy atom. The van der Waals surface area contributed by atoms with Crippen molar-refractivity contribution in [2.75, 3.05) is 18.1 Å². The van der Waals surface area contributed by atoms with E-state index in [-0.39, 0.29) is 0 Å². The normalized spacial score (nSPS) is 10.8. The average molecular weight is 252 g/mol. The lowest BCUT2D eigenvalue weighted by Crippen LogP contribution is -2.02. The van der Waals surface area contributed by atoms with E-state index < -0.39 is 9.84 Å². The van der Waals surface area contributed by atoms with Gasteiger partial charge in [0, 0.05) is 24.9 Å². The average Bonchev–Trinajstić information content (AvgIpc) is 2.28. The minimum Gasteiger partial charge on any atom is -0.385 e. The molecular weight excluding hydrogens is 236 g/mol. The quantitative estimate of drug-likeness (QED) is 0.788. The SMILES string of the molecule is CS(=O)(=O)c1ccc(NCCCCC#N)cc1. The van der Waals surface area contributed by atoms with Crippen LogP contribution in [-0.4, -0.2) is 21.2 Å². The molecule has 0 aliphatic rings. The molecule has 92 valence electrons. The van der Waals surface area contributed by atoms with Gasteiger partial charge in [-0.25, -0.2) is 8.42 Å². The Balaban J connectivity index is 2.44. The molecule has 0 aliphatic heterocycles. The molecule has 0 fully saturated rings. The topological polar surface area (TPSA) is 70.0 Å². The van der Waals surface area contributed by atoms with Crippen molar-refractivity contribution < 1.29 is 8.42 Å². The first-order valence-corrected chi connectivity index (χ1v) is 7.34. The van der Waals surface area contributed by atoms with E-state index in [4.69, 9.17) is 5.26 Å². The molecule has 1 N–H and O–H groups in total. The predicted molar refractivity (Wildman–Crippen MR) is 67.5 cm³/mol. The molecule has 0 spiro atoms. The summed E-state index contributed by atoms with van der Waals surface area (Å²) in [7, 11) is -3.12. The summed E-state index contributed by atoms with van der Waals surface area (Å²) in [5, 5.41) is 11.5. The Bertz CT molecular complexity index is 486. The largest absolute Gasteiger partial charge is 0.385 e. The van der Waals surface area contributed by atoms with Crippen LogP contribution in [0, 0.1) is 11.3 Å². The van der Waals surface area contributed by atoms with Gasteiger partial charge in [0.2, 0.25) is 0 Å². The van der Waals surface area contributed by atoms with E-state index in [1.54, 1.807) is 24.3 Å². The van der Waals surface area contributed by atoms with Gasteiger partial charge in [0.1, 0.15) is 0 Å². The van der Waals surface area contributed by atoms with Gasteiger partial charge in [-0.3, -0.25) is 0 Å². The number of anilines is 1. The van der Waals surface area contributed by atoms with Crippen molar-refractivity contribution in [1.29, 1.82) is 5.26 Å². The van der Waals surface area contributed by atoms with Gasteiger partial charge in [0.05, 0.1) is 11.0 Å². The van der Waals surface area contributed by atoms with Crippen molar-refractivity contribution in [3.05, 3.63) is 24.3 Å². The number of unbranched alkanes of at least 4 members (excludes halogenated alkanes) is 2. The molecule has 0 atom stereocenters. The first-order valence-electron chi connectivity index (χ1n) is 5.45. The molecule has 0 bridgehead atoms. The predicted octanol–water partition coefficient (Wildman–Crippen LogP) is 2.20. The number of sulfone groups is 1. The second kappa shape index (κ2) is 6.26. The summed E-state index contributed by atoms with van der Waals surface area (Å²) >= 11 is 0. The van der Waals surface area contributed by atoms with Gasteiger partial charge in [0.15, 0.2) is 9.84 Å². The molecule has 0 radical (unpaired) electrons. The molecule has 1 aromatic carbocycles. The highest BCUT2D eigenvalue weighted by molar-refractivity contribution is 7.90. The van der Waals surface area contributed by atoms with E-state index in [1.807, 2.05) is 0 Å². The second-order valence-electron chi connectivity index (χ2n) is 3.84. The standard InChI is InChI=1S/C12H16N2O2S/c1-17(15,16)12-7-5-11(6-8-12)14-10-4-2-3-9-13/h5-8,14H,2-4,10H2,1H3. The van der Waals surface area contributed by atoms with Gasteiger partial charge >= 0.3 is 0 Å². The number of nitrogens with zero attached hydrogens (tertiary/aromatic N) is 1. The molecule has 1 rings (SSSR count). The minimum atomic E-state index is -3.12. The maximum Gasteiger partial charge on any atom is 0.175 e. The second-order valence-corrected chi connectivity index (χ2v) is 5.85. The van der Waals surface area contributed by atoms with Crippen LogP contribution in [0.4, 0.5) is 5.69 Å². The Kier molecular flexibility index (Phi) is 4.98. The zero-order valence-corrected chi connectivity index (χ0v) is 10.6. The van der Waals surface area contributed by atoms with Crippen LogP contribution in [0.25, 0.3) is 0 Å². The van der Waals surface area contributed by atoms with Crippen LogP contribution in [0.3, 0.4) is 0 Å². The molecule has 0 amide bonds. The van der Waals surface area contributed by atoms with Gasteiger partial charge in [-0.2, -0.15) is 5.26 Å². The van der Waals surface area contributed by atoms with Crippen LogP contribution in [0.5, 0.6) is 0 Å². The van der Waals surface area contributed by atoms with Crippen LogP contribution in [0.1, 0.15) is 19.3 Å². The van der Waals surface area contributed by atoms with E-state index in [0.29, 0.717) is 11.3 Å². The Morgan fingerprint density at radius 3 is 2.41 bits per heavy atom. The third-order valence-electron chi connectivity index (χ3n) is 2.33. The summed E-state index contributed by atoms with van der Waals surface area (Å²) in [6.07, 6.45) is 3.58. The summed E-state index contributed by atoms with van der Waals surface area (Å²) in [4.78, 5) is 0.326. The molecular formula is C12H16N2O2S. The third kappa shape index (κ3) is 4.87. The van der Waals surface area contributed by atoms with Crippen LogP contribution in [-0.2, 0) is 9.84 Å². The van der Waals surface area contributed by atoms with Crippen molar-refractivity contribution >= 4 is 15.5 Å². The third-order valence-corrected chi connectivity index (χ3v) is 3.46. The maximum atomic E-state index is 11.2. The van der Waals surface area contributed by atoms with E-state index >= 15 is 0 Å². The number of nitrogens with one attached hydrogen (secondary N) is 1. The monoisotopic (exact) mass is 252 g/mol. The molecule has 0 unspecified atom stereocenters. The zero-order chi connectivity index (χ0) is 12.7. The fourth-order valence-electron chi connectivity index (χ4n) is 1.38. The maximum absolute atomic E-state index is 11.2. The number of benzene rings is 1. The highest BCUT2D eigenvalue weighted by Gasteiger charge is 2.05. The Labute approximate surface area is 102 Å². The van der Waals surface area contributed by atoms with Gasteiger partial charge in [0.25, 0.3) is 0 Å². The van der Waals surface area contributed by atoms with Crippen molar-refractivity contribution in [3.8, 4) is 6.07 Å². The van der Waals surface area contributed by atoms with E-state index in [0.717, 1.165) is 25.1 Å². The number of nitriles is 1. The zero-order valence-electron chi connectivity index (χ0n) is 9.81. The van der Waals surface area contributed by atoms with Gasteiger partial charge in [-0.05, 0) is 37.1 Å². The number of hydrogen-bond donors (Lipinski definition) is 1. The van der Waals surface area contributed by atoms with Crippen molar-refractivity contribution in [3.63, 3.8) is 0 Å². The molecule has 17 heavy (non-hydrogen) atoms. The van der Waals surface area contributed by atoms with Crippen LogP contribution in [0.2, 0.25) is 0 Å². The lowest BCUT2D eigenvalue weighted by molar-refractivity contribution is 0.602. The number of rotatable bonds is 6. The molecule has 5 heteroatoms. The van der Waals surface area contributed by atoms with Crippen molar-refractivity contribution in [1.82, 2.24) is 0 Å². The summed E-state index contributed by atoms with van der Waals surface area (Å²) in [6, 6.07) is 8.78. The minimum absolute atomic E-state index is 0.326. The van der Waals surface area contributed by atoms with Crippen molar-refractivity contribution in [2.24, 2.45) is 0 Å². The summed E-state index contributed by atoms with van der Waals surface area (Å²) in [5.41, 5.74) is 0.898. The highest BCUT2D eigenvalue weighted by Crippen LogP contribution is 2.13. The Hall–Kier alpha value is -1.54. The lowest BCUT2D eigenvalue weighted by Gasteiger charge is -2.06. The fraction of sp³-hybridized carbons (Fsp3) is 0.417. The fourth-order valence-corrected chi connectivity index (χ4v) is 2.01. The Morgan fingerprint density at radius 2 is 1.88 bits per heavy atom. The number of hydrogen-bond acceptors (Lipinski definition) is 4. The van der Waals surface area contributed by atoms with E-state index in [1.165, 1.54) is 6.26 Å². The highest BCUT2D eigenvalue weighted by atomic mass is 32.2. The first-order chi connectivity index (χ1) is 8.04. The van der Waals surface area contributed by atoms with Crippen LogP contribution >= 0.6 is 0 Å². The van der Waals surface area contributed by atoms with E-state index in [2.05, 4.69) is 11.4 Å². The van der Waals surface area contributed by atoms with E-state index in [9.17, 15) is 8.42 Å². The molecule has 4 nitrogen and oxygen atoms in total. The summed E-state index contributed by atoms with van der Waals surface area (Å²) in [6.45, 7) is 0.792. The van der Waals surface area contributed by atoms with Gasteiger partial charge in [-0.15, -0.1) is 0 Å². The van der Waals surface area contributed by atoms with Crippen LogP contribution in [0.15, 0.2) is 29.2 Å². The van der Waals surface area contributed by atoms with Gasteiger partial charge < -0.3 is 5.32 Å². The molecule has 0 saturated heterocycles. The molecule has 0 aromatic heterocycles. The molecule has 1 aromatic rings. The smallest absolute Gasteiger partial charge is 0.175 e. The summed E-state index contributed by atoms with van der Waals surface area (Å²) in [5.74, 6) is 0. The summed E-state index contributed by atoms with van der Waals surface area (Å²) < 4.78 is 22.5. The molecule has 0 heterocycles. The first kappa shape index (κ1) is 13.5. The molecule has 0 saturated carbocycles. The van der Waals surface area contributed by atoms with Crippen molar-refractivity contribution in [2.45, 2.75) is 24.2 Å². The lowest BCUT2D eigenvalue weighted by atomic mass is 10.2. The van der Waals surface area contributed by atoms with Gasteiger partial charge in [-0.1, -0.05) is 0 Å².